The van der Waals surface area contributed by atoms with Gasteiger partial charge in [0.05, 0.1) is 4.92 Å². The summed E-state index contributed by atoms with van der Waals surface area (Å²) in [6, 6.07) is 18.6. The van der Waals surface area contributed by atoms with Crippen LogP contribution in [0.4, 0.5) is 11.5 Å². The van der Waals surface area contributed by atoms with E-state index >= 15 is 0 Å². The summed E-state index contributed by atoms with van der Waals surface area (Å²) in [5, 5.41) is 13.4. The van der Waals surface area contributed by atoms with Crippen LogP contribution < -0.4 is 4.90 Å². The van der Waals surface area contributed by atoms with Gasteiger partial charge in [0, 0.05) is 18.7 Å². The lowest BCUT2D eigenvalue weighted by molar-refractivity contribution is -0.385. The maximum atomic E-state index is 10.8. The second-order valence-electron chi connectivity index (χ2n) is 6.46. The van der Waals surface area contributed by atoms with Crippen molar-refractivity contribution in [2.75, 3.05) is 11.4 Å². The molecule has 3 aromatic rings. The zero-order chi connectivity index (χ0) is 17.2. The Morgan fingerprint density at radius 2 is 1.96 bits per heavy atom. The minimum atomic E-state index is -0.408. The Morgan fingerprint density at radius 1 is 1.12 bits per heavy atom. The van der Waals surface area contributed by atoms with E-state index in [1.165, 1.54) is 28.6 Å². The number of anilines is 1. The van der Waals surface area contributed by atoms with Crippen LogP contribution in [0.5, 0.6) is 0 Å². The van der Waals surface area contributed by atoms with Crippen LogP contribution in [0, 0.1) is 10.1 Å². The molecule has 0 N–H and O–H groups in total. The van der Waals surface area contributed by atoms with Gasteiger partial charge < -0.3 is 4.90 Å². The summed E-state index contributed by atoms with van der Waals surface area (Å²) in [5.74, 6) is 0.827. The predicted molar refractivity (Wildman–Crippen MR) is 98.9 cm³/mol. The van der Waals surface area contributed by atoms with Gasteiger partial charge in [-0.1, -0.05) is 42.5 Å². The average Bonchev–Trinajstić information content (AvgIpc) is 3.10. The van der Waals surface area contributed by atoms with Crippen molar-refractivity contribution in [3.8, 4) is 0 Å². The largest absolute Gasteiger partial charge is 0.353 e. The zero-order valence-corrected chi connectivity index (χ0v) is 13.8. The normalized spacial score (nSPS) is 17.1. The van der Waals surface area contributed by atoms with E-state index in [9.17, 15) is 10.1 Å². The Bertz CT molecular complexity index is 903. The highest BCUT2D eigenvalue weighted by Crippen LogP contribution is 2.29. The lowest BCUT2D eigenvalue weighted by Gasteiger charge is -2.26. The third-order valence-electron chi connectivity index (χ3n) is 4.95. The molecule has 1 aliphatic heterocycles. The van der Waals surface area contributed by atoms with E-state index < -0.39 is 4.92 Å². The highest BCUT2D eigenvalue weighted by atomic mass is 16.6. The summed E-state index contributed by atoms with van der Waals surface area (Å²) in [5.41, 5.74) is 1.38. The van der Waals surface area contributed by atoms with Crippen molar-refractivity contribution < 1.29 is 4.92 Å². The van der Waals surface area contributed by atoms with Crippen molar-refractivity contribution in [1.82, 2.24) is 4.98 Å². The Hall–Kier alpha value is -2.95. The van der Waals surface area contributed by atoms with E-state index in [2.05, 4.69) is 52.3 Å². The van der Waals surface area contributed by atoms with Gasteiger partial charge in [-0.25, -0.2) is 4.98 Å². The first-order chi connectivity index (χ1) is 12.2. The van der Waals surface area contributed by atoms with Gasteiger partial charge in [-0.15, -0.1) is 0 Å². The molecular weight excluding hydrogens is 314 g/mol. The first kappa shape index (κ1) is 15.6. The molecule has 0 unspecified atom stereocenters. The van der Waals surface area contributed by atoms with Crippen LogP contribution in [0.15, 0.2) is 60.8 Å². The van der Waals surface area contributed by atoms with Crippen LogP contribution in [0.25, 0.3) is 10.8 Å². The second-order valence-corrected chi connectivity index (χ2v) is 6.46. The first-order valence-corrected chi connectivity index (χ1v) is 8.56. The van der Waals surface area contributed by atoms with Crippen molar-refractivity contribution in [1.29, 1.82) is 0 Å². The highest BCUT2D eigenvalue weighted by Gasteiger charge is 2.26. The summed E-state index contributed by atoms with van der Waals surface area (Å²) in [4.78, 5) is 17.0. The molecule has 5 heteroatoms. The van der Waals surface area contributed by atoms with E-state index in [4.69, 9.17) is 0 Å². The van der Waals surface area contributed by atoms with E-state index in [0.29, 0.717) is 6.04 Å². The number of pyridine rings is 1. The molecule has 0 amide bonds. The SMILES string of the molecule is O=[N+]([O-])c1ccc(N2CCC[C@@H]2Cc2cccc3ccccc23)nc1. The van der Waals surface area contributed by atoms with Crippen LogP contribution in [-0.4, -0.2) is 22.5 Å². The summed E-state index contributed by atoms with van der Waals surface area (Å²) in [6.45, 7) is 0.945. The molecule has 1 aromatic heterocycles. The third-order valence-corrected chi connectivity index (χ3v) is 4.95. The van der Waals surface area contributed by atoms with Gasteiger partial charge >= 0.3 is 0 Å². The van der Waals surface area contributed by atoms with Crippen molar-refractivity contribution in [3.63, 3.8) is 0 Å². The number of hydrogen-bond donors (Lipinski definition) is 0. The summed E-state index contributed by atoms with van der Waals surface area (Å²) in [7, 11) is 0. The lowest BCUT2D eigenvalue weighted by atomic mass is 9.98. The van der Waals surface area contributed by atoms with Crippen molar-refractivity contribution >= 4 is 22.3 Å². The van der Waals surface area contributed by atoms with Gasteiger partial charge in [-0.3, -0.25) is 10.1 Å². The monoisotopic (exact) mass is 333 g/mol. The minimum absolute atomic E-state index is 0.0357. The number of nitrogens with zero attached hydrogens (tertiary/aromatic N) is 3. The number of benzene rings is 2. The number of rotatable bonds is 4. The van der Waals surface area contributed by atoms with E-state index in [1.54, 1.807) is 6.07 Å². The lowest BCUT2D eigenvalue weighted by Crippen LogP contribution is -2.31. The van der Waals surface area contributed by atoms with Gasteiger partial charge in [0.25, 0.3) is 5.69 Å². The second kappa shape index (κ2) is 6.51. The zero-order valence-electron chi connectivity index (χ0n) is 13.8. The molecule has 0 saturated carbocycles. The molecule has 0 radical (unpaired) electrons. The predicted octanol–water partition coefficient (Wildman–Crippen LogP) is 4.35. The Labute approximate surface area is 146 Å². The number of hydrogen-bond acceptors (Lipinski definition) is 4. The standard InChI is InChI=1S/C20H19N3O2/c24-23(25)18-10-11-20(21-14-18)22-12-4-8-17(22)13-16-7-3-6-15-5-1-2-9-19(15)16/h1-3,5-7,9-11,14,17H,4,8,12-13H2/t17-/m1/s1. The van der Waals surface area contributed by atoms with Gasteiger partial charge in [-0.2, -0.15) is 0 Å². The topological polar surface area (TPSA) is 59.3 Å². The molecule has 0 bridgehead atoms. The van der Waals surface area contributed by atoms with Crippen molar-refractivity contribution in [2.24, 2.45) is 0 Å². The Kier molecular flexibility index (Phi) is 4.06. The third kappa shape index (κ3) is 3.05. The Morgan fingerprint density at radius 3 is 2.76 bits per heavy atom. The maximum absolute atomic E-state index is 10.8. The molecular formula is C20H19N3O2. The number of fused-ring (bicyclic) bond motifs is 1. The van der Waals surface area contributed by atoms with E-state index in [-0.39, 0.29) is 5.69 Å². The summed E-state index contributed by atoms with van der Waals surface area (Å²) >= 11 is 0. The molecule has 1 aliphatic rings. The van der Waals surface area contributed by atoms with Crippen LogP contribution in [0.1, 0.15) is 18.4 Å². The molecule has 1 fully saturated rings. The van der Waals surface area contributed by atoms with Crippen LogP contribution >= 0.6 is 0 Å². The molecule has 4 rings (SSSR count). The van der Waals surface area contributed by atoms with Crippen molar-refractivity contribution in [3.05, 3.63) is 76.5 Å². The fourth-order valence-electron chi connectivity index (χ4n) is 3.73. The molecule has 0 aliphatic carbocycles. The highest BCUT2D eigenvalue weighted by molar-refractivity contribution is 5.85. The minimum Gasteiger partial charge on any atom is -0.353 e. The smallest absolute Gasteiger partial charge is 0.287 e. The number of aromatic nitrogens is 1. The fourth-order valence-corrected chi connectivity index (χ4v) is 3.73. The first-order valence-electron chi connectivity index (χ1n) is 8.56. The molecule has 2 aromatic carbocycles. The fraction of sp³-hybridized carbons (Fsp3) is 0.250. The van der Waals surface area contributed by atoms with Gasteiger partial charge in [0.2, 0.25) is 0 Å². The van der Waals surface area contributed by atoms with Crippen LogP contribution in [0.3, 0.4) is 0 Å². The van der Waals surface area contributed by atoms with Crippen LogP contribution in [-0.2, 0) is 6.42 Å². The van der Waals surface area contributed by atoms with E-state index in [0.717, 1.165) is 31.6 Å². The van der Waals surface area contributed by atoms with Crippen LogP contribution in [0.2, 0.25) is 0 Å². The Balaban J connectivity index is 1.60. The number of nitro groups is 1. The molecule has 25 heavy (non-hydrogen) atoms. The molecule has 126 valence electrons. The summed E-state index contributed by atoms with van der Waals surface area (Å²) < 4.78 is 0. The average molecular weight is 333 g/mol. The van der Waals surface area contributed by atoms with Gasteiger partial charge in [0.15, 0.2) is 0 Å². The van der Waals surface area contributed by atoms with E-state index in [1.807, 2.05) is 0 Å². The molecule has 1 atom stereocenters. The quantitative estimate of drug-likeness (QED) is 0.526. The van der Waals surface area contributed by atoms with Crippen molar-refractivity contribution in [2.45, 2.75) is 25.3 Å². The molecule has 5 nitrogen and oxygen atoms in total. The molecule has 2 heterocycles. The van der Waals surface area contributed by atoms with Gasteiger partial charge in [0.1, 0.15) is 12.0 Å². The van der Waals surface area contributed by atoms with Gasteiger partial charge in [-0.05, 0) is 41.7 Å². The maximum Gasteiger partial charge on any atom is 0.287 e. The summed E-state index contributed by atoms with van der Waals surface area (Å²) in [6.07, 6.45) is 4.54. The molecule has 1 saturated heterocycles. The molecule has 0 spiro atoms.